The Balaban J connectivity index is 1.72. The molecule has 0 radical (unpaired) electrons. The van der Waals surface area contributed by atoms with Crippen molar-refractivity contribution in [2.75, 3.05) is 5.75 Å². The number of aryl methyl sites for hydroxylation is 2. The summed E-state index contributed by atoms with van der Waals surface area (Å²) in [4.78, 5) is 16.9. The van der Waals surface area contributed by atoms with Gasteiger partial charge in [-0.05, 0) is 43.2 Å². The minimum absolute atomic E-state index is 0.142. The number of fused-ring (bicyclic) bond motifs is 1. The summed E-state index contributed by atoms with van der Waals surface area (Å²) in [5.74, 6) is 0.552. The molecule has 0 amide bonds. The minimum Gasteiger partial charge on any atom is -0.293 e. The number of carbonyl (C=O) groups excluding carboxylic acids is 1. The summed E-state index contributed by atoms with van der Waals surface area (Å²) < 4.78 is 0. The maximum atomic E-state index is 12.3. The van der Waals surface area contributed by atoms with Gasteiger partial charge in [0.2, 0.25) is 0 Å². The molecule has 3 rings (SSSR count). The number of nitrogens with zero attached hydrogens (tertiary/aromatic N) is 1. The van der Waals surface area contributed by atoms with Gasteiger partial charge in [0.05, 0.1) is 16.3 Å². The van der Waals surface area contributed by atoms with Gasteiger partial charge in [0.15, 0.2) is 5.78 Å². The summed E-state index contributed by atoms with van der Waals surface area (Å²) >= 11 is 1.49. The zero-order chi connectivity index (χ0) is 15.5. The van der Waals surface area contributed by atoms with Crippen LogP contribution in [0.2, 0.25) is 0 Å². The Hall–Kier alpha value is -2.13. The summed E-state index contributed by atoms with van der Waals surface area (Å²) in [7, 11) is 0. The molecule has 0 atom stereocenters. The average Bonchev–Trinajstić information content (AvgIpc) is 2.55. The van der Waals surface area contributed by atoms with Crippen molar-refractivity contribution in [1.82, 2.24) is 4.98 Å². The molecule has 0 unspecified atom stereocenters. The first-order valence-electron chi connectivity index (χ1n) is 7.22. The maximum absolute atomic E-state index is 12.3. The number of rotatable bonds is 4. The minimum atomic E-state index is 0.142. The van der Waals surface area contributed by atoms with Crippen molar-refractivity contribution in [1.29, 1.82) is 0 Å². The number of pyridine rings is 1. The Morgan fingerprint density at radius 1 is 1.00 bits per heavy atom. The zero-order valence-electron chi connectivity index (χ0n) is 12.7. The average molecular weight is 307 g/mol. The van der Waals surface area contributed by atoms with Crippen LogP contribution >= 0.6 is 11.8 Å². The lowest BCUT2D eigenvalue weighted by molar-refractivity contribution is 0.102. The first-order valence-corrected chi connectivity index (χ1v) is 8.21. The van der Waals surface area contributed by atoms with Crippen molar-refractivity contribution in [3.8, 4) is 0 Å². The van der Waals surface area contributed by atoms with Crippen LogP contribution in [-0.2, 0) is 0 Å². The summed E-state index contributed by atoms with van der Waals surface area (Å²) in [6, 6.07) is 17.9. The number of Topliss-reactive ketones (excluding diaryl/α,β-unsaturated/α-hetero) is 1. The first kappa shape index (κ1) is 14.8. The number of thioether (sulfide) groups is 1. The molecule has 0 saturated heterocycles. The largest absolute Gasteiger partial charge is 0.293 e. The standard InChI is InChI=1S/C19H17NOS/c1-13-7-8-16(11-14(13)2)18(21)12-22-19-10-9-15-5-3-4-6-17(15)20-19/h3-11H,12H2,1-2H3. The summed E-state index contributed by atoms with van der Waals surface area (Å²) in [6.45, 7) is 4.08. The molecule has 0 spiro atoms. The SMILES string of the molecule is Cc1ccc(C(=O)CSc2ccc3ccccc3n2)cc1C. The smallest absolute Gasteiger partial charge is 0.173 e. The van der Waals surface area contributed by atoms with E-state index in [2.05, 4.69) is 11.9 Å². The van der Waals surface area contributed by atoms with Crippen LogP contribution in [0.25, 0.3) is 10.9 Å². The number of benzene rings is 2. The molecule has 0 fully saturated rings. The molecular formula is C19H17NOS. The molecule has 0 N–H and O–H groups in total. The molecule has 0 aliphatic heterocycles. The molecule has 3 heteroatoms. The van der Waals surface area contributed by atoms with Crippen LogP contribution in [0.4, 0.5) is 0 Å². The van der Waals surface area contributed by atoms with E-state index < -0.39 is 0 Å². The Kier molecular flexibility index (Phi) is 4.25. The van der Waals surface area contributed by atoms with Crippen LogP contribution in [0.3, 0.4) is 0 Å². The third-order valence-corrected chi connectivity index (χ3v) is 4.68. The van der Waals surface area contributed by atoms with Gasteiger partial charge >= 0.3 is 0 Å². The zero-order valence-corrected chi connectivity index (χ0v) is 13.5. The molecule has 0 saturated carbocycles. The van der Waals surface area contributed by atoms with Gasteiger partial charge in [0, 0.05) is 10.9 Å². The lowest BCUT2D eigenvalue weighted by atomic mass is 10.0. The molecule has 3 aromatic rings. The van der Waals surface area contributed by atoms with Crippen LogP contribution in [0, 0.1) is 13.8 Å². The Labute approximate surface area is 134 Å². The van der Waals surface area contributed by atoms with Gasteiger partial charge in [-0.1, -0.05) is 48.2 Å². The van der Waals surface area contributed by atoms with E-state index in [4.69, 9.17) is 0 Å². The molecular weight excluding hydrogens is 290 g/mol. The van der Waals surface area contributed by atoms with Crippen LogP contribution < -0.4 is 0 Å². The second-order valence-corrected chi connectivity index (χ2v) is 6.35. The van der Waals surface area contributed by atoms with E-state index >= 15 is 0 Å². The molecule has 1 aromatic heterocycles. The molecule has 0 aliphatic carbocycles. The van der Waals surface area contributed by atoms with Gasteiger partial charge in [-0.2, -0.15) is 0 Å². The normalized spacial score (nSPS) is 10.8. The molecule has 2 aromatic carbocycles. The van der Waals surface area contributed by atoms with Crippen molar-refractivity contribution < 1.29 is 4.79 Å². The lowest BCUT2D eigenvalue weighted by Crippen LogP contribution is -2.03. The van der Waals surface area contributed by atoms with E-state index in [9.17, 15) is 4.79 Å². The second-order valence-electron chi connectivity index (χ2n) is 5.35. The van der Waals surface area contributed by atoms with Crippen molar-refractivity contribution >= 4 is 28.4 Å². The predicted molar refractivity (Wildman–Crippen MR) is 92.7 cm³/mol. The maximum Gasteiger partial charge on any atom is 0.173 e. The monoisotopic (exact) mass is 307 g/mol. The second kappa shape index (κ2) is 6.32. The molecule has 0 bridgehead atoms. The molecule has 22 heavy (non-hydrogen) atoms. The van der Waals surface area contributed by atoms with Crippen molar-refractivity contribution in [2.45, 2.75) is 18.9 Å². The number of hydrogen-bond donors (Lipinski definition) is 0. The Morgan fingerprint density at radius 2 is 1.82 bits per heavy atom. The highest BCUT2D eigenvalue weighted by Gasteiger charge is 2.08. The Morgan fingerprint density at radius 3 is 2.64 bits per heavy atom. The van der Waals surface area contributed by atoms with Gasteiger partial charge in [-0.25, -0.2) is 4.98 Å². The first-order chi connectivity index (χ1) is 10.6. The number of carbonyl (C=O) groups is 1. The molecule has 110 valence electrons. The van der Waals surface area contributed by atoms with Crippen molar-refractivity contribution in [3.05, 3.63) is 71.3 Å². The van der Waals surface area contributed by atoms with E-state index in [1.807, 2.05) is 61.5 Å². The highest BCUT2D eigenvalue weighted by atomic mass is 32.2. The van der Waals surface area contributed by atoms with Crippen LogP contribution in [0.15, 0.2) is 59.6 Å². The van der Waals surface area contributed by atoms with Gasteiger partial charge in [0.25, 0.3) is 0 Å². The summed E-state index contributed by atoms with van der Waals surface area (Å²) in [6.07, 6.45) is 0. The number of aromatic nitrogens is 1. The molecule has 2 nitrogen and oxygen atoms in total. The van der Waals surface area contributed by atoms with Crippen LogP contribution in [0.5, 0.6) is 0 Å². The number of para-hydroxylation sites is 1. The predicted octanol–water partition coefficient (Wildman–Crippen LogP) is 4.83. The number of hydrogen-bond acceptors (Lipinski definition) is 3. The van der Waals surface area contributed by atoms with Crippen LogP contribution in [0.1, 0.15) is 21.5 Å². The lowest BCUT2D eigenvalue weighted by Gasteiger charge is -2.05. The van der Waals surface area contributed by atoms with Gasteiger partial charge in [-0.15, -0.1) is 0 Å². The third kappa shape index (κ3) is 3.20. The molecule has 1 heterocycles. The molecule has 0 aliphatic rings. The van der Waals surface area contributed by atoms with E-state index in [-0.39, 0.29) is 5.78 Å². The highest BCUT2D eigenvalue weighted by Crippen LogP contribution is 2.21. The fraction of sp³-hybridized carbons (Fsp3) is 0.158. The van der Waals surface area contributed by atoms with E-state index in [0.717, 1.165) is 27.1 Å². The quantitative estimate of drug-likeness (QED) is 0.511. The topological polar surface area (TPSA) is 30.0 Å². The summed E-state index contributed by atoms with van der Waals surface area (Å²) in [5.41, 5.74) is 4.10. The Bertz CT molecular complexity index is 842. The van der Waals surface area contributed by atoms with Gasteiger partial charge < -0.3 is 0 Å². The fourth-order valence-corrected chi connectivity index (χ4v) is 3.04. The van der Waals surface area contributed by atoms with Gasteiger partial charge in [0.1, 0.15) is 0 Å². The van der Waals surface area contributed by atoms with E-state index in [1.54, 1.807) is 0 Å². The fourth-order valence-electron chi connectivity index (χ4n) is 2.27. The van der Waals surface area contributed by atoms with E-state index in [1.165, 1.54) is 17.3 Å². The highest BCUT2D eigenvalue weighted by molar-refractivity contribution is 7.99. The van der Waals surface area contributed by atoms with Crippen molar-refractivity contribution in [3.63, 3.8) is 0 Å². The van der Waals surface area contributed by atoms with E-state index in [0.29, 0.717) is 5.75 Å². The third-order valence-electron chi connectivity index (χ3n) is 3.75. The summed E-state index contributed by atoms with van der Waals surface area (Å²) in [5, 5.41) is 2.00. The van der Waals surface area contributed by atoms with Crippen molar-refractivity contribution in [2.24, 2.45) is 0 Å². The van der Waals surface area contributed by atoms with Crippen LogP contribution in [-0.4, -0.2) is 16.5 Å². The number of ketones is 1. The van der Waals surface area contributed by atoms with Gasteiger partial charge in [-0.3, -0.25) is 4.79 Å².